The van der Waals surface area contributed by atoms with Crippen LogP contribution in [0.25, 0.3) is 0 Å². The maximum Gasteiger partial charge on any atom is 0.0452 e. The number of benzene rings is 2. The van der Waals surface area contributed by atoms with Gasteiger partial charge in [0.25, 0.3) is 0 Å². The van der Waals surface area contributed by atoms with Crippen LogP contribution in [0.1, 0.15) is 11.1 Å². The average molecular weight is 225 g/mol. The van der Waals surface area contributed by atoms with Crippen LogP contribution in [-0.4, -0.2) is 6.21 Å². The van der Waals surface area contributed by atoms with Crippen LogP contribution in [0.5, 0.6) is 0 Å². The Hall–Kier alpha value is -2.29. The summed E-state index contributed by atoms with van der Waals surface area (Å²) in [6.45, 7) is 0.727. The fourth-order valence-corrected chi connectivity index (χ4v) is 1.69. The van der Waals surface area contributed by atoms with Crippen LogP contribution in [0.3, 0.4) is 0 Å². The number of nitrogens with two attached hydrogens (primary N) is 1. The van der Waals surface area contributed by atoms with Crippen LogP contribution in [0.2, 0.25) is 0 Å². The van der Waals surface area contributed by atoms with Crippen molar-refractivity contribution in [1.82, 2.24) is 0 Å². The summed E-state index contributed by atoms with van der Waals surface area (Å²) in [6, 6.07) is 15.7. The Balaban J connectivity index is 2.14. The fourth-order valence-electron chi connectivity index (χ4n) is 1.69. The van der Waals surface area contributed by atoms with E-state index in [0.29, 0.717) is 5.69 Å². The van der Waals surface area contributed by atoms with Crippen LogP contribution >= 0.6 is 0 Å². The molecule has 0 radical (unpaired) electrons. The van der Waals surface area contributed by atoms with Gasteiger partial charge in [0.15, 0.2) is 0 Å². The van der Waals surface area contributed by atoms with Crippen molar-refractivity contribution < 1.29 is 0 Å². The summed E-state index contributed by atoms with van der Waals surface area (Å²) in [7, 11) is 0. The first-order chi connectivity index (χ1) is 8.31. The minimum absolute atomic E-state index is 0.623. The van der Waals surface area contributed by atoms with Crippen LogP contribution in [0.15, 0.2) is 48.5 Å². The molecular weight excluding hydrogens is 210 g/mol. The first kappa shape index (κ1) is 11.2. The van der Waals surface area contributed by atoms with Crippen molar-refractivity contribution in [2.45, 2.75) is 6.54 Å². The number of hydrogen-bond acceptors (Lipinski definition) is 3. The number of nitrogens with one attached hydrogen (secondary N) is 2. The van der Waals surface area contributed by atoms with Crippen LogP contribution in [0.4, 0.5) is 11.4 Å². The molecule has 0 atom stereocenters. The van der Waals surface area contributed by atoms with Crippen molar-refractivity contribution in [3.8, 4) is 0 Å². The van der Waals surface area contributed by atoms with E-state index in [0.717, 1.165) is 17.8 Å². The van der Waals surface area contributed by atoms with Crippen LogP contribution in [0, 0.1) is 5.41 Å². The highest BCUT2D eigenvalue weighted by molar-refractivity contribution is 5.92. The molecule has 0 aliphatic carbocycles. The first-order valence-electron chi connectivity index (χ1n) is 5.48. The lowest BCUT2D eigenvalue weighted by molar-refractivity contribution is 1.15. The molecule has 0 aromatic heterocycles. The average Bonchev–Trinajstić information content (AvgIpc) is 2.37. The van der Waals surface area contributed by atoms with E-state index < -0.39 is 0 Å². The third-order valence-electron chi connectivity index (χ3n) is 2.61. The van der Waals surface area contributed by atoms with Gasteiger partial charge in [-0.2, -0.15) is 0 Å². The third kappa shape index (κ3) is 2.64. The molecule has 86 valence electrons. The number of hydrogen-bond donors (Lipinski definition) is 3. The molecule has 3 heteroatoms. The molecule has 2 aromatic carbocycles. The second-order valence-electron chi connectivity index (χ2n) is 3.79. The Morgan fingerprint density at radius 1 is 1.06 bits per heavy atom. The molecular formula is C14H15N3. The summed E-state index contributed by atoms with van der Waals surface area (Å²) in [5, 5.41) is 10.7. The lowest BCUT2D eigenvalue weighted by Gasteiger charge is -2.11. The molecule has 17 heavy (non-hydrogen) atoms. The zero-order chi connectivity index (χ0) is 12.1. The smallest absolute Gasteiger partial charge is 0.0452 e. The van der Waals surface area contributed by atoms with Crippen molar-refractivity contribution in [2.24, 2.45) is 0 Å². The van der Waals surface area contributed by atoms with Gasteiger partial charge in [-0.05, 0) is 17.7 Å². The SMILES string of the molecule is N=Cc1c(N)cccc1NCc1ccccc1. The molecule has 0 heterocycles. The largest absolute Gasteiger partial charge is 0.398 e. The monoisotopic (exact) mass is 225 g/mol. The second-order valence-corrected chi connectivity index (χ2v) is 3.79. The molecule has 0 bridgehead atoms. The van der Waals surface area contributed by atoms with Gasteiger partial charge in [-0.1, -0.05) is 36.4 Å². The van der Waals surface area contributed by atoms with Crippen molar-refractivity contribution in [1.29, 1.82) is 5.41 Å². The van der Waals surface area contributed by atoms with Gasteiger partial charge >= 0.3 is 0 Å². The van der Waals surface area contributed by atoms with E-state index in [1.807, 2.05) is 30.3 Å². The molecule has 0 fully saturated rings. The van der Waals surface area contributed by atoms with Gasteiger partial charge in [-0.3, -0.25) is 0 Å². The quantitative estimate of drug-likeness (QED) is 0.553. The summed E-state index contributed by atoms with van der Waals surface area (Å²) < 4.78 is 0. The van der Waals surface area contributed by atoms with E-state index in [2.05, 4.69) is 17.4 Å². The van der Waals surface area contributed by atoms with Gasteiger partial charge in [-0.15, -0.1) is 0 Å². The zero-order valence-electron chi connectivity index (χ0n) is 9.48. The van der Waals surface area contributed by atoms with E-state index in [1.54, 1.807) is 6.07 Å². The maximum atomic E-state index is 7.36. The fraction of sp³-hybridized carbons (Fsp3) is 0.0714. The Kier molecular flexibility index (Phi) is 3.40. The highest BCUT2D eigenvalue weighted by atomic mass is 14.9. The lowest BCUT2D eigenvalue weighted by atomic mass is 10.1. The van der Waals surface area contributed by atoms with Crippen LogP contribution in [-0.2, 0) is 6.54 Å². The summed E-state index contributed by atoms with van der Waals surface area (Å²) in [4.78, 5) is 0. The molecule has 3 nitrogen and oxygen atoms in total. The molecule has 0 saturated heterocycles. The number of rotatable bonds is 4. The van der Waals surface area contributed by atoms with Crippen molar-refractivity contribution in [2.75, 3.05) is 11.1 Å². The molecule has 0 spiro atoms. The molecule has 2 rings (SSSR count). The van der Waals surface area contributed by atoms with Crippen molar-refractivity contribution >= 4 is 17.6 Å². The first-order valence-corrected chi connectivity index (χ1v) is 5.48. The predicted molar refractivity (Wildman–Crippen MR) is 72.5 cm³/mol. The van der Waals surface area contributed by atoms with Gasteiger partial charge in [0.1, 0.15) is 0 Å². The summed E-state index contributed by atoms with van der Waals surface area (Å²) in [6.07, 6.45) is 1.28. The number of nitrogen functional groups attached to an aromatic ring is 1. The molecule has 0 amide bonds. The minimum atomic E-state index is 0.623. The normalized spacial score (nSPS) is 9.88. The van der Waals surface area contributed by atoms with Gasteiger partial charge in [0.05, 0.1) is 0 Å². The van der Waals surface area contributed by atoms with E-state index in [-0.39, 0.29) is 0 Å². The minimum Gasteiger partial charge on any atom is -0.398 e. The Labute approximate surface area is 101 Å². The van der Waals surface area contributed by atoms with Gasteiger partial charge in [0.2, 0.25) is 0 Å². The highest BCUT2D eigenvalue weighted by Crippen LogP contribution is 2.20. The topological polar surface area (TPSA) is 61.9 Å². The van der Waals surface area contributed by atoms with Crippen molar-refractivity contribution in [3.05, 3.63) is 59.7 Å². The Bertz CT molecular complexity index is 506. The maximum absolute atomic E-state index is 7.36. The Morgan fingerprint density at radius 3 is 2.53 bits per heavy atom. The lowest BCUT2D eigenvalue weighted by Crippen LogP contribution is -2.04. The summed E-state index contributed by atoms with van der Waals surface area (Å²) >= 11 is 0. The molecule has 0 unspecified atom stereocenters. The molecule has 4 N–H and O–H groups in total. The zero-order valence-corrected chi connectivity index (χ0v) is 9.48. The van der Waals surface area contributed by atoms with E-state index in [1.165, 1.54) is 11.8 Å². The van der Waals surface area contributed by atoms with Crippen LogP contribution < -0.4 is 11.1 Å². The molecule has 0 aliphatic rings. The van der Waals surface area contributed by atoms with Gasteiger partial charge < -0.3 is 16.5 Å². The van der Waals surface area contributed by atoms with Gasteiger partial charge in [-0.25, -0.2) is 0 Å². The molecule has 0 saturated carbocycles. The van der Waals surface area contributed by atoms with E-state index >= 15 is 0 Å². The second kappa shape index (κ2) is 5.16. The standard InChI is InChI=1S/C14H15N3/c15-9-12-13(16)7-4-8-14(12)17-10-11-5-2-1-3-6-11/h1-9,15,17H,10,16H2. The van der Waals surface area contributed by atoms with E-state index in [4.69, 9.17) is 11.1 Å². The Morgan fingerprint density at radius 2 is 1.82 bits per heavy atom. The van der Waals surface area contributed by atoms with Crippen molar-refractivity contribution in [3.63, 3.8) is 0 Å². The third-order valence-corrected chi connectivity index (χ3v) is 2.61. The summed E-state index contributed by atoms with van der Waals surface area (Å²) in [5.74, 6) is 0. The summed E-state index contributed by atoms with van der Waals surface area (Å²) in [5.41, 5.74) is 9.26. The predicted octanol–water partition coefficient (Wildman–Crippen LogP) is 2.88. The van der Waals surface area contributed by atoms with Gasteiger partial charge in [0, 0.05) is 29.7 Å². The van der Waals surface area contributed by atoms with E-state index in [9.17, 15) is 0 Å². The number of anilines is 2. The molecule has 0 aliphatic heterocycles. The molecule has 2 aromatic rings. The highest BCUT2D eigenvalue weighted by Gasteiger charge is 2.02.